The fourth-order valence-electron chi connectivity index (χ4n) is 2.12. The van der Waals surface area contributed by atoms with Crippen LogP contribution in [0.15, 0.2) is 24.3 Å². The van der Waals surface area contributed by atoms with Gasteiger partial charge in [-0.2, -0.15) is 0 Å². The smallest absolute Gasteiger partial charge is 0.0712 e. The molecule has 0 aromatic heterocycles. The van der Waals surface area contributed by atoms with Crippen molar-refractivity contribution in [3.63, 3.8) is 0 Å². The summed E-state index contributed by atoms with van der Waals surface area (Å²) in [6.45, 7) is 6.93. The highest BCUT2D eigenvalue weighted by molar-refractivity contribution is 5.21. The molecule has 1 aliphatic rings. The van der Waals surface area contributed by atoms with Gasteiger partial charge in [0, 0.05) is 19.6 Å². The number of morpholine rings is 1. The van der Waals surface area contributed by atoms with Crippen LogP contribution in [-0.2, 0) is 11.3 Å². The lowest BCUT2D eigenvalue weighted by Crippen LogP contribution is -2.39. The van der Waals surface area contributed by atoms with E-state index in [2.05, 4.69) is 41.8 Å². The highest BCUT2D eigenvalue weighted by atomic mass is 16.5. The van der Waals surface area contributed by atoms with Gasteiger partial charge >= 0.3 is 0 Å². The third-order valence-electron chi connectivity index (χ3n) is 3.06. The molecule has 0 radical (unpaired) electrons. The van der Waals surface area contributed by atoms with Crippen LogP contribution in [0.5, 0.6) is 0 Å². The molecule has 94 valence electrons. The second-order valence-corrected chi connectivity index (χ2v) is 4.65. The van der Waals surface area contributed by atoms with E-state index in [0.29, 0.717) is 6.10 Å². The molecule has 0 saturated carbocycles. The zero-order valence-electron chi connectivity index (χ0n) is 10.5. The van der Waals surface area contributed by atoms with Gasteiger partial charge in [-0.1, -0.05) is 29.8 Å². The Morgan fingerprint density at radius 3 is 3.18 bits per heavy atom. The first-order chi connectivity index (χ1) is 8.34. The summed E-state index contributed by atoms with van der Waals surface area (Å²) in [7, 11) is 0. The van der Waals surface area contributed by atoms with Crippen LogP contribution in [0.4, 0.5) is 0 Å². The minimum absolute atomic E-state index is 0.383. The highest BCUT2D eigenvalue weighted by Gasteiger charge is 2.11. The molecular formula is C14H22N2O. The van der Waals surface area contributed by atoms with Crippen molar-refractivity contribution in [3.05, 3.63) is 35.4 Å². The Morgan fingerprint density at radius 2 is 2.41 bits per heavy atom. The van der Waals surface area contributed by atoms with Crippen LogP contribution in [0.2, 0.25) is 0 Å². The molecule has 0 amide bonds. The molecule has 0 spiro atoms. The first-order valence-corrected chi connectivity index (χ1v) is 6.43. The highest BCUT2D eigenvalue weighted by Crippen LogP contribution is 2.04. The van der Waals surface area contributed by atoms with Gasteiger partial charge in [-0.3, -0.25) is 0 Å². The molecule has 0 aliphatic carbocycles. The fraction of sp³-hybridized carbons (Fsp3) is 0.571. The number of nitrogens with one attached hydrogen (secondary N) is 2. The van der Waals surface area contributed by atoms with E-state index in [-0.39, 0.29) is 0 Å². The van der Waals surface area contributed by atoms with Crippen LogP contribution in [0.25, 0.3) is 0 Å². The van der Waals surface area contributed by atoms with E-state index in [1.165, 1.54) is 11.1 Å². The SMILES string of the molecule is Cc1cccc(CNCCC2CNCCO2)c1. The summed E-state index contributed by atoms with van der Waals surface area (Å²) < 4.78 is 5.65. The molecule has 3 heteroatoms. The molecule has 2 N–H and O–H groups in total. The Labute approximate surface area is 104 Å². The van der Waals surface area contributed by atoms with Gasteiger partial charge in [0.05, 0.1) is 12.7 Å². The normalized spacial score (nSPS) is 20.4. The summed E-state index contributed by atoms with van der Waals surface area (Å²) in [6, 6.07) is 8.63. The minimum atomic E-state index is 0.383. The second kappa shape index (κ2) is 6.74. The summed E-state index contributed by atoms with van der Waals surface area (Å²) in [6.07, 6.45) is 1.47. The predicted molar refractivity (Wildman–Crippen MR) is 70.1 cm³/mol. The van der Waals surface area contributed by atoms with Crippen molar-refractivity contribution >= 4 is 0 Å². The molecule has 1 aromatic carbocycles. The lowest BCUT2D eigenvalue weighted by atomic mass is 10.1. The zero-order chi connectivity index (χ0) is 11.9. The lowest BCUT2D eigenvalue weighted by Gasteiger charge is -2.23. The molecule has 1 heterocycles. The topological polar surface area (TPSA) is 33.3 Å². The lowest BCUT2D eigenvalue weighted by molar-refractivity contribution is 0.0238. The average Bonchev–Trinajstić information content (AvgIpc) is 2.36. The van der Waals surface area contributed by atoms with Gasteiger partial charge in [0.1, 0.15) is 0 Å². The van der Waals surface area contributed by atoms with Crippen LogP contribution in [-0.4, -0.2) is 32.3 Å². The van der Waals surface area contributed by atoms with E-state index in [4.69, 9.17) is 4.74 Å². The van der Waals surface area contributed by atoms with E-state index in [1.54, 1.807) is 0 Å². The van der Waals surface area contributed by atoms with Crippen molar-refractivity contribution in [2.45, 2.75) is 26.0 Å². The Kier molecular flexibility index (Phi) is 4.98. The van der Waals surface area contributed by atoms with Gasteiger partial charge in [0.2, 0.25) is 0 Å². The second-order valence-electron chi connectivity index (χ2n) is 4.65. The number of rotatable bonds is 5. The molecule has 0 bridgehead atoms. The molecule has 1 unspecified atom stereocenters. The number of hydrogen-bond donors (Lipinski definition) is 2. The quantitative estimate of drug-likeness (QED) is 0.757. The third-order valence-corrected chi connectivity index (χ3v) is 3.06. The van der Waals surface area contributed by atoms with Crippen molar-refractivity contribution in [2.24, 2.45) is 0 Å². The Bertz CT molecular complexity index is 335. The van der Waals surface area contributed by atoms with Gasteiger partial charge in [-0.15, -0.1) is 0 Å². The largest absolute Gasteiger partial charge is 0.376 e. The van der Waals surface area contributed by atoms with Crippen molar-refractivity contribution in [2.75, 3.05) is 26.2 Å². The maximum absolute atomic E-state index is 5.65. The summed E-state index contributed by atoms with van der Waals surface area (Å²) in [5.74, 6) is 0. The minimum Gasteiger partial charge on any atom is -0.376 e. The zero-order valence-corrected chi connectivity index (χ0v) is 10.5. The standard InChI is InChI=1S/C14H22N2O/c1-12-3-2-4-13(9-12)10-15-6-5-14-11-16-7-8-17-14/h2-4,9,14-16H,5-8,10-11H2,1H3. The van der Waals surface area contributed by atoms with Crippen LogP contribution in [0.1, 0.15) is 17.5 Å². The Hall–Kier alpha value is -0.900. The first kappa shape index (κ1) is 12.6. The number of benzene rings is 1. The van der Waals surface area contributed by atoms with Crippen molar-refractivity contribution in [1.29, 1.82) is 0 Å². The maximum Gasteiger partial charge on any atom is 0.0712 e. The molecule has 17 heavy (non-hydrogen) atoms. The molecule has 1 aliphatic heterocycles. The molecule has 1 aromatic rings. The van der Waals surface area contributed by atoms with Gasteiger partial charge in [-0.25, -0.2) is 0 Å². The van der Waals surface area contributed by atoms with Crippen molar-refractivity contribution in [1.82, 2.24) is 10.6 Å². The predicted octanol–water partition coefficient (Wildman–Crippen LogP) is 1.46. The molecule has 2 rings (SSSR count). The van der Waals surface area contributed by atoms with Gasteiger partial charge in [0.25, 0.3) is 0 Å². The van der Waals surface area contributed by atoms with Crippen molar-refractivity contribution in [3.8, 4) is 0 Å². The van der Waals surface area contributed by atoms with E-state index >= 15 is 0 Å². The van der Waals surface area contributed by atoms with Crippen LogP contribution in [0, 0.1) is 6.92 Å². The Balaban J connectivity index is 1.62. The molecular weight excluding hydrogens is 212 g/mol. The monoisotopic (exact) mass is 234 g/mol. The molecule has 3 nitrogen and oxygen atoms in total. The first-order valence-electron chi connectivity index (χ1n) is 6.43. The van der Waals surface area contributed by atoms with E-state index < -0.39 is 0 Å². The number of hydrogen-bond acceptors (Lipinski definition) is 3. The van der Waals surface area contributed by atoms with E-state index in [1.807, 2.05) is 0 Å². The summed E-state index contributed by atoms with van der Waals surface area (Å²) in [5.41, 5.74) is 2.68. The third kappa shape index (κ3) is 4.46. The van der Waals surface area contributed by atoms with E-state index in [9.17, 15) is 0 Å². The van der Waals surface area contributed by atoms with Gasteiger partial charge in [-0.05, 0) is 25.5 Å². The Morgan fingerprint density at radius 1 is 1.47 bits per heavy atom. The number of ether oxygens (including phenoxy) is 1. The van der Waals surface area contributed by atoms with Crippen LogP contribution in [0.3, 0.4) is 0 Å². The average molecular weight is 234 g/mol. The summed E-state index contributed by atoms with van der Waals surface area (Å²) in [5, 5.41) is 6.82. The van der Waals surface area contributed by atoms with Gasteiger partial charge < -0.3 is 15.4 Å². The van der Waals surface area contributed by atoms with E-state index in [0.717, 1.165) is 39.2 Å². The van der Waals surface area contributed by atoms with Gasteiger partial charge in [0.15, 0.2) is 0 Å². The molecule has 1 fully saturated rings. The molecule has 1 atom stereocenters. The summed E-state index contributed by atoms with van der Waals surface area (Å²) >= 11 is 0. The van der Waals surface area contributed by atoms with Crippen LogP contribution >= 0.6 is 0 Å². The number of aryl methyl sites for hydroxylation is 1. The van der Waals surface area contributed by atoms with Crippen LogP contribution < -0.4 is 10.6 Å². The fourth-order valence-corrected chi connectivity index (χ4v) is 2.12. The molecule has 1 saturated heterocycles. The van der Waals surface area contributed by atoms with Crippen molar-refractivity contribution < 1.29 is 4.74 Å². The summed E-state index contributed by atoms with van der Waals surface area (Å²) in [4.78, 5) is 0. The maximum atomic E-state index is 5.65.